The van der Waals surface area contributed by atoms with Crippen molar-refractivity contribution in [2.24, 2.45) is 0 Å². The zero-order valence-corrected chi connectivity index (χ0v) is 19.3. The van der Waals surface area contributed by atoms with E-state index < -0.39 is 0 Å². The Labute approximate surface area is 198 Å². The van der Waals surface area contributed by atoms with Crippen LogP contribution in [0.25, 0.3) is 11.0 Å². The maximum atomic E-state index is 12.9. The van der Waals surface area contributed by atoms with Crippen LogP contribution in [0.2, 0.25) is 5.02 Å². The number of hydrogen-bond acceptors (Lipinski definition) is 3. The number of hydrogen-bond donors (Lipinski definition) is 0. The third-order valence-corrected chi connectivity index (χ3v) is 6.44. The highest BCUT2D eigenvalue weighted by Crippen LogP contribution is 2.34. The first kappa shape index (κ1) is 21.5. The van der Waals surface area contributed by atoms with Gasteiger partial charge in [0.15, 0.2) is 0 Å². The molecule has 0 spiro atoms. The zero-order valence-electron chi connectivity index (χ0n) is 18.6. The first-order chi connectivity index (χ1) is 16.1. The largest absolute Gasteiger partial charge is 0.492 e. The summed E-state index contributed by atoms with van der Waals surface area (Å²) in [5.74, 6) is 1.89. The molecule has 4 aromatic rings. The van der Waals surface area contributed by atoms with Crippen molar-refractivity contribution in [3.63, 3.8) is 0 Å². The third kappa shape index (κ3) is 4.46. The second-order valence-corrected chi connectivity index (χ2v) is 8.78. The summed E-state index contributed by atoms with van der Waals surface area (Å²) in [7, 11) is 0. The molecule has 0 unspecified atom stereocenters. The average Bonchev–Trinajstić information content (AvgIpc) is 3.40. The lowest BCUT2D eigenvalue weighted by atomic mass is 10.1. The van der Waals surface area contributed by atoms with Gasteiger partial charge in [-0.05, 0) is 54.4 Å². The molecule has 5 rings (SSSR count). The molecule has 3 aromatic carbocycles. The van der Waals surface area contributed by atoms with E-state index in [1.165, 1.54) is 5.56 Å². The van der Waals surface area contributed by atoms with Crippen LogP contribution < -0.4 is 9.64 Å². The summed E-state index contributed by atoms with van der Waals surface area (Å²) in [5, 5.41) is 0.625. The summed E-state index contributed by atoms with van der Waals surface area (Å²) in [5.41, 5.74) is 4.12. The minimum Gasteiger partial charge on any atom is -0.492 e. The number of benzene rings is 3. The van der Waals surface area contributed by atoms with E-state index in [0.29, 0.717) is 31.1 Å². The molecule has 0 bridgehead atoms. The zero-order chi connectivity index (χ0) is 22.8. The molecule has 1 aliphatic rings. The molecule has 1 aliphatic heterocycles. The molecule has 1 amide bonds. The predicted octanol–water partition coefficient (Wildman–Crippen LogP) is 5.85. The summed E-state index contributed by atoms with van der Waals surface area (Å²) in [6, 6.07) is 23.8. The van der Waals surface area contributed by atoms with Crippen LogP contribution in [0.15, 0.2) is 72.8 Å². The Morgan fingerprint density at radius 1 is 1.06 bits per heavy atom. The van der Waals surface area contributed by atoms with Crippen LogP contribution in [0.1, 0.15) is 30.7 Å². The molecule has 33 heavy (non-hydrogen) atoms. The maximum absolute atomic E-state index is 12.9. The van der Waals surface area contributed by atoms with Crippen LogP contribution in [0.3, 0.4) is 0 Å². The van der Waals surface area contributed by atoms with Gasteiger partial charge in [0.1, 0.15) is 18.2 Å². The van der Waals surface area contributed by atoms with Gasteiger partial charge >= 0.3 is 0 Å². The molecule has 1 fully saturated rings. The molecule has 1 atom stereocenters. The van der Waals surface area contributed by atoms with Crippen LogP contribution in [0.5, 0.6) is 5.75 Å². The summed E-state index contributed by atoms with van der Waals surface area (Å²) in [4.78, 5) is 19.6. The Morgan fingerprint density at radius 2 is 1.88 bits per heavy atom. The Balaban J connectivity index is 1.38. The second kappa shape index (κ2) is 9.28. The molecule has 1 aromatic heterocycles. The smallest absolute Gasteiger partial charge is 0.227 e. The number of carbonyl (C=O) groups is 1. The van der Waals surface area contributed by atoms with E-state index in [4.69, 9.17) is 21.3 Å². The van der Waals surface area contributed by atoms with Crippen molar-refractivity contribution in [3.05, 3.63) is 89.2 Å². The van der Waals surface area contributed by atoms with Crippen LogP contribution in [-0.4, -0.2) is 28.6 Å². The molecule has 0 N–H and O–H groups in total. The van der Waals surface area contributed by atoms with Gasteiger partial charge in [-0.2, -0.15) is 0 Å². The van der Waals surface area contributed by atoms with E-state index in [0.717, 1.165) is 34.7 Å². The fourth-order valence-corrected chi connectivity index (χ4v) is 4.68. The summed E-state index contributed by atoms with van der Waals surface area (Å²) >= 11 is 6.16. The highest BCUT2D eigenvalue weighted by atomic mass is 35.5. The number of para-hydroxylation sites is 2. The minimum absolute atomic E-state index is 0.00715. The Morgan fingerprint density at radius 3 is 2.67 bits per heavy atom. The lowest BCUT2D eigenvalue weighted by Crippen LogP contribution is -2.24. The molecule has 0 radical (unpaired) electrons. The second-order valence-electron chi connectivity index (χ2n) is 8.34. The molecule has 168 valence electrons. The van der Waals surface area contributed by atoms with E-state index in [9.17, 15) is 4.79 Å². The number of carbonyl (C=O) groups excluding carboxylic acids is 1. The number of nitrogens with zero attached hydrogens (tertiary/aromatic N) is 3. The molecule has 0 saturated carbocycles. The van der Waals surface area contributed by atoms with Gasteiger partial charge in [-0.25, -0.2) is 4.98 Å². The molecule has 0 aliphatic carbocycles. The van der Waals surface area contributed by atoms with Crippen molar-refractivity contribution in [2.45, 2.75) is 32.2 Å². The number of anilines is 1. The first-order valence-electron chi connectivity index (χ1n) is 11.3. The summed E-state index contributed by atoms with van der Waals surface area (Å²) in [6.07, 6.45) is 1.44. The van der Waals surface area contributed by atoms with Crippen LogP contribution in [0.4, 0.5) is 5.69 Å². The van der Waals surface area contributed by atoms with E-state index in [-0.39, 0.29) is 11.8 Å². The van der Waals surface area contributed by atoms with Crippen molar-refractivity contribution < 1.29 is 9.53 Å². The fraction of sp³-hybridized carbons (Fsp3) is 0.259. The third-order valence-electron chi connectivity index (χ3n) is 6.21. The van der Waals surface area contributed by atoms with Crippen molar-refractivity contribution in [1.29, 1.82) is 0 Å². The molecular formula is C27H26ClN3O2. The summed E-state index contributed by atoms with van der Waals surface area (Å²) in [6.45, 7) is 3.91. The van der Waals surface area contributed by atoms with Crippen molar-refractivity contribution in [3.8, 4) is 5.75 Å². The Kier molecular flexibility index (Phi) is 6.05. The number of fused-ring (bicyclic) bond motifs is 1. The van der Waals surface area contributed by atoms with Crippen molar-refractivity contribution >= 4 is 34.2 Å². The van der Waals surface area contributed by atoms with E-state index in [1.54, 1.807) is 0 Å². The van der Waals surface area contributed by atoms with Crippen LogP contribution in [0, 0.1) is 0 Å². The van der Waals surface area contributed by atoms with Crippen LogP contribution >= 0.6 is 11.6 Å². The lowest BCUT2D eigenvalue weighted by Gasteiger charge is -2.18. The normalized spacial score (nSPS) is 16.0. The average molecular weight is 460 g/mol. The number of halogens is 1. The number of aryl methyl sites for hydroxylation is 1. The molecule has 1 saturated heterocycles. The Bertz CT molecular complexity index is 1280. The molecular weight excluding hydrogens is 434 g/mol. The van der Waals surface area contributed by atoms with Crippen molar-refractivity contribution in [2.75, 3.05) is 18.1 Å². The van der Waals surface area contributed by atoms with Gasteiger partial charge in [-0.1, -0.05) is 48.9 Å². The highest BCUT2D eigenvalue weighted by Gasteiger charge is 2.34. The number of ether oxygens (including phenoxy) is 1. The maximum Gasteiger partial charge on any atom is 0.227 e. The lowest BCUT2D eigenvalue weighted by molar-refractivity contribution is -0.117. The van der Waals surface area contributed by atoms with Gasteiger partial charge in [-0.3, -0.25) is 4.79 Å². The topological polar surface area (TPSA) is 47.4 Å². The number of amides is 1. The molecule has 2 heterocycles. The van der Waals surface area contributed by atoms with Gasteiger partial charge in [0, 0.05) is 29.6 Å². The van der Waals surface area contributed by atoms with Gasteiger partial charge in [0.2, 0.25) is 5.91 Å². The Hall–Kier alpha value is -3.31. The van der Waals surface area contributed by atoms with E-state index >= 15 is 0 Å². The molecule has 5 nitrogen and oxygen atoms in total. The number of rotatable bonds is 7. The van der Waals surface area contributed by atoms with E-state index in [1.807, 2.05) is 59.5 Å². The van der Waals surface area contributed by atoms with Crippen molar-refractivity contribution in [1.82, 2.24) is 9.55 Å². The number of imidazole rings is 1. The summed E-state index contributed by atoms with van der Waals surface area (Å²) < 4.78 is 8.23. The van der Waals surface area contributed by atoms with Gasteiger partial charge in [0.25, 0.3) is 0 Å². The highest BCUT2D eigenvalue weighted by molar-refractivity contribution is 6.30. The SMILES string of the molecule is CCc1ccc(OCCn2c([C@@H]3CC(=O)N(c4cccc(Cl)c4)C3)nc3ccccc32)cc1. The van der Waals surface area contributed by atoms with Gasteiger partial charge in [-0.15, -0.1) is 0 Å². The van der Waals surface area contributed by atoms with Crippen LogP contribution in [-0.2, 0) is 17.8 Å². The number of aromatic nitrogens is 2. The van der Waals surface area contributed by atoms with E-state index in [2.05, 4.69) is 29.7 Å². The quantitative estimate of drug-likeness (QED) is 0.348. The monoisotopic (exact) mass is 459 g/mol. The predicted molar refractivity (Wildman–Crippen MR) is 132 cm³/mol. The molecule has 6 heteroatoms. The first-order valence-corrected chi connectivity index (χ1v) is 11.7. The van der Waals surface area contributed by atoms with Gasteiger partial charge < -0.3 is 14.2 Å². The fourth-order valence-electron chi connectivity index (χ4n) is 4.49. The standard InChI is InChI=1S/C27H26ClN3O2/c1-2-19-10-12-23(13-11-19)33-15-14-30-25-9-4-3-8-24(25)29-27(30)20-16-26(32)31(18-20)22-7-5-6-21(28)17-22/h3-13,17,20H,2,14-16,18H2,1H3/t20-/m1/s1. The minimum atomic E-state index is 0.00715. The van der Waals surface area contributed by atoms with Gasteiger partial charge in [0.05, 0.1) is 17.6 Å².